The Morgan fingerprint density at radius 1 is 1.08 bits per heavy atom. The van der Waals surface area contributed by atoms with E-state index in [1.807, 2.05) is 13.8 Å². The van der Waals surface area contributed by atoms with Crippen molar-refractivity contribution in [3.05, 3.63) is 47.7 Å². The fraction of sp³-hybridized carbons (Fsp3) is 0.421. The maximum absolute atomic E-state index is 14.1. The molecule has 0 amide bonds. The van der Waals surface area contributed by atoms with Gasteiger partial charge in [0.1, 0.15) is 17.4 Å². The van der Waals surface area contributed by atoms with Crippen molar-refractivity contribution in [1.82, 2.24) is 10.3 Å². The topological polar surface area (TPSA) is 34.1 Å². The molecule has 0 aliphatic carbocycles. The first-order chi connectivity index (χ1) is 11.4. The second-order valence-electron chi connectivity index (χ2n) is 6.11. The van der Waals surface area contributed by atoms with Crippen LogP contribution >= 0.6 is 0 Å². The van der Waals surface area contributed by atoms with Crippen LogP contribution < -0.4 is 10.1 Å². The van der Waals surface area contributed by atoms with Crippen LogP contribution in [-0.2, 0) is 6.54 Å². The molecular formula is C19H24F2N2O. The summed E-state index contributed by atoms with van der Waals surface area (Å²) in [6.07, 6.45) is 0. The summed E-state index contributed by atoms with van der Waals surface area (Å²) < 4.78 is 33.6. The minimum absolute atomic E-state index is 0.230. The number of nitrogens with one attached hydrogen (secondary N) is 1. The van der Waals surface area contributed by atoms with E-state index in [-0.39, 0.29) is 11.7 Å². The molecule has 0 aliphatic rings. The van der Waals surface area contributed by atoms with Crippen molar-refractivity contribution >= 4 is 0 Å². The van der Waals surface area contributed by atoms with Gasteiger partial charge in [0.2, 0.25) is 0 Å². The summed E-state index contributed by atoms with van der Waals surface area (Å²) in [4.78, 5) is 4.30. The van der Waals surface area contributed by atoms with E-state index in [0.29, 0.717) is 36.1 Å². The molecular weight excluding hydrogens is 310 g/mol. The molecule has 3 nitrogen and oxygen atoms in total. The quantitative estimate of drug-likeness (QED) is 0.806. The van der Waals surface area contributed by atoms with E-state index in [4.69, 9.17) is 4.74 Å². The molecule has 0 saturated carbocycles. The molecule has 1 N–H and O–H groups in total. The van der Waals surface area contributed by atoms with Gasteiger partial charge >= 0.3 is 0 Å². The maximum Gasteiger partial charge on any atom is 0.146 e. The lowest BCUT2D eigenvalue weighted by atomic mass is 10.1. The molecule has 1 heterocycles. The first kappa shape index (κ1) is 18.3. The fourth-order valence-electron chi connectivity index (χ4n) is 2.21. The molecule has 2 rings (SSSR count). The third kappa shape index (κ3) is 4.51. The molecule has 2 aromatic rings. The van der Waals surface area contributed by atoms with Gasteiger partial charge in [-0.1, -0.05) is 13.8 Å². The van der Waals surface area contributed by atoms with Gasteiger partial charge in [0.25, 0.3) is 0 Å². The lowest BCUT2D eigenvalue weighted by molar-refractivity contribution is 0.340. The van der Waals surface area contributed by atoms with E-state index < -0.39 is 11.6 Å². The number of ether oxygens (including phenoxy) is 1. The van der Waals surface area contributed by atoms with Gasteiger partial charge in [-0.25, -0.2) is 13.8 Å². The number of aromatic nitrogens is 1. The van der Waals surface area contributed by atoms with Crippen LogP contribution in [0, 0.1) is 17.6 Å². The van der Waals surface area contributed by atoms with Gasteiger partial charge in [0.15, 0.2) is 0 Å². The summed E-state index contributed by atoms with van der Waals surface area (Å²) in [7, 11) is 0. The number of nitrogens with zero attached hydrogens (tertiary/aromatic N) is 1. The molecule has 0 fully saturated rings. The molecule has 0 aliphatic heterocycles. The molecule has 24 heavy (non-hydrogen) atoms. The fourth-order valence-corrected chi connectivity index (χ4v) is 2.21. The Morgan fingerprint density at radius 2 is 1.79 bits per heavy atom. The molecule has 1 atom stereocenters. The number of hydrogen-bond acceptors (Lipinski definition) is 3. The summed E-state index contributed by atoms with van der Waals surface area (Å²) in [5.74, 6) is 0.181. The minimum Gasteiger partial charge on any atom is -0.494 e. The van der Waals surface area contributed by atoms with Crippen LogP contribution in [0.5, 0.6) is 5.75 Å². The van der Waals surface area contributed by atoms with Crippen LogP contribution in [-0.4, -0.2) is 17.6 Å². The summed E-state index contributed by atoms with van der Waals surface area (Å²) in [5, 5.41) is 3.24. The van der Waals surface area contributed by atoms with Gasteiger partial charge in [-0.05, 0) is 50.1 Å². The normalized spacial score (nSPS) is 12.5. The molecule has 1 aromatic carbocycles. The van der Waals surface area contributed by atoms with Crippen LogP contribution in [0.1, 0.15) is 33.4 Å². The zero-order valence-corrected chi connectivity index (χ0v) is 14.6. The zero-order chi connectivity index (χ0) is 17.7. The van der Waals surface area contributed by atoms with E-state index in [2.05, 4.69) is 24.1 Å². The van der Waals surface area contributed by atoms with Crippen molar-refractivity contribution in [2.75, 3.05) is 6.61 Å². The number of benzene rings is 1. The van der Waals surface area contributed by atoms with E-state index in [0.717, 1.165) is 0 Å². The minimum atomic E-state index is -0.410. The van der Waals surface area contributed by atoms with Crippen LogP contribution in [0.4, 0.5) is 8.78 Å². The Bertz CT molecular complexity index is 689. The van der Waals surface area contributed by atoms with Crippen molar-refractivity contribution < 1.29 is 13.5 Å². The van der Waals surface area contributed by atoms with E-state index in [1.54, 1.807) is 12.1 Å². The van der Waals surface area contributed by atoms with Crippen LogP contribution in [0.15, 0.2) is 30.3 Å². The molecule has 0 radical (unpaired) electrons. The zero-order valence-electron chi connectivity index (χ0n) is 14.6. The largest absolute Gasteiger partial charge is 0.494 e. The van der Waals surface area contributed by atoms with E-state index >= 15 is 0 Å². The third-order valence-electron chi connectivity index (χ3n) is 4.03. The predicted octanol–water partition coefficient (Wildman–Crippen LogP) is 4.56. The lowest BCUT2D eigenvalue weighted by Crippen LogP contribution is -2.30. The monoisotopic (exact) mass is 334 g/mol. The molecule has 0 spiro atoms. The predicted molar refractivity (Wildman–Crippen MR) is 91.9 cm³/mol. The summed E-state index contributed by atoms with van der Waals surface area (Å²) in [6, 6.07) is 7.54. The molecule has 0 unspecified atom stereocenters. The molecule has 0 saturated heterocycles. The van der Waals surface area contributed by atoms with Gasteiger partial charge in [0.05, 0.1) is 18.0 Å². The van der Waals surface area contributed by atoms with Gasteiger partial charge in [-0.2, -0.15) is 0 Å². The smallest absolute Gasteiger partial charge is 0.146 e. The highest BCUT2D eigenvalue weighted by Gasteiger charge is 2.13. The highest BCUT2D eigenvalue weighted by molar-refractivity contribution is 5.62. The van der Waals surface area contributed by atoms with E-state index in [9.17, 15) is 8.78 Å². The van der Waals surface area contributed by atoms with Gasteiger partial charge in [-0.15, -0.1) is 0 Å². The standard InChI is InChI=1S/C19H24F2N2O/c1-5-24-14-6-7-16(20)15(10-14)18-9-8-17(21)19(23-18)11-22-13(4)12(2)3/h6-10,12-13,22H,5,11H2,1-4H3/t13-/m1/s1. The van der Waals surface area contributed by atoms with Gasteiger partial charge in [0, 0.05) is 18.2 Å². The van der Waals surface area contributed by atoms with Crippen molar-refractivity contribution in [3.8, 4) is 17.0 Å². The Morgan fingerprint density at radius 3 is 2.46 bits per heavy atom. The summed E-state index contributed by atoms with van der Waals surface area (Å²) >= 11 is 0. The molecule has 1 aromatic heterocycles. The average molecular weight is 334 g/mol. The van der Waals surface area contributed by atoms with Crippen molar-refractivity contribution in [1.29, 1.82) is 0 Å². The van der Waals surface area contributed by atoms with Crippen LogP contribution in [0.25, 0.3) is 11.3 Å². The highest BCUT2D eigenvalue weighted by atomic mass is 19.1. The Balaban J connectivity index is 2.29. The van der Waals surface area contributed by atoms with E-state index in [1.165, 1.54) is 18.2 Å². The number of rotatable bonds is 7. The molecule has 5 heteroatoms. The summed E-state index contributed by atoms with van der Waals surface area (Å²) in [5.41, 5.74) is 0.977. The Hall–Kier alpha value is -2.01. The first-order valence-corrected chi connectivity index (χ1v) is 8.23. The number of hydrogen-bond donors (Lipinski definition) is 1. The number of halogens is 2. The number of pyridine rings is 1. The van der Waals surface area contributed by atoms with Crippen molar-refractivity contribution in [3.63, 3.8) is 0 Å². The first-order valence-electron chi connectivity index (χ1n) is 8.23. The lowest BCUT2D eigenvalue weighted by Gasteiger charge is -2.17. The van der Waals surface area contributed by atoms with Crippen LogP contribution in [0.3, 0.4) is 0 Å². The highest BCUT2D eigenvalue weighted by Crippen LogP contribution is 2.26. The SMILES string of the molecule is CCOc1ccc(F)c(-c2ccc(F)c(CN[C@H](C)C(C)C)n2)c1. The second-order valence-corrected chi connectivity index (χ2v) is 6.11. The second kappa shape index (κ2) is 8.20. The Kier molecular flexibility index (Phi) is 6.26. The van der Waals surface area contributed by atoms with Crippen LogP contribution in [0.2, 0.25) is 0 Å². The average Bonchev–Trinajstić information content (AvgIpc) is 2.56. The molecule has 130 valence electrons. The van der Waals surface area contributed by atoms with Crippen molar-refractivity contribution in [2.45, 2.75) is 40.3 Å². The third-order valence-corrected chi connectivity index (χ3v) is 4.03. The van der Waals surface area contributed by atoms with Crippen molar-refractivity contribution in [2.24, 2.45) is 5.92 Å². The van der Waals surface area contributed by atoms with Gasteiger partial charge < -0.3 is 10.1 Å². The summed E-state index contributed by atoms with van der Waals surface area (Å²) in [6.45, 7) is 8.87. The Labute approximate surface area is 142 Å². The molecule has 0 bridgehead atoms. The maximum atomic E-state index is 14.1. The van der Waals surface area contributed by atoms with Gasteiger partial charge in [-0.3, -0.25) is 0 Å².